The van der Waals surface area contributed by atoms with Crippen molar-refractivity contribution in [2.45, 2.75) is 12.8 Å². The van der Waals surface area contributed by atoms with Crippen LogP contribution >= 0.6 is 0 Å². The zero-order chi connectivity index (χ0) is 16.1. The minimum absolute atomic E-state index is 0.0696. The number of anilines is 1. The number of non-ortho nitro benzene ring substituents is 1. The van der Waals surface area contributed by atoms with Crippen molar-refractivity contribution in [2.24, 2.45) is 0 Å². The summed E-state index contributed by atoms with van der Waals surface area (Å²) in [7, 11) is 0. The fourth-order valence-corrected chi connectivity index (χ4v) is 1.84. The van der Waals surface area contributed by atoms with E-state index in [1.165, 1.54) is 30.3 Å². The lowest BCUT2D eigenvalue weighted by Gasteiger charge is -2.05. The van der Waals surface area contributed by atoms with Gasteiger partial charge in [0.05, 0.1) is 4.92 Å². The van der Waals surface area contributed by atoms with Crippen LogP contribution in [0.3, 0.4) is 0 Å². The Labute approximate surface area is 124 Å². The van der Waals surface area contributed by atoms with Gasteiger partial charge in [-0.2, -0.15) is 0 Å². The molecule has 0 spiro atoms. The number of hydrogen-bond donors (Lipinski definition) is 1. The number of carbonyl (C=O) groups excluding carboxylic acids is 1. The third-order valence-electron chi connectivity index (χ3n) is 2.99. The molecule has 1 N–H and O–H groups in total. The van der Waals surface area contributed by atoms with Gasteiger partial charge in [0.15, 0.2) is 11.6 Å². The molecule has 0 bridgehead atoms. The van der Waals surface area contributed by atoms with Gasteiger partial charge in [-0.15, -0.1) is 0 Å². The molecular weight excluding hydrogens is 294 g/mol. The molecule has 0 aliphatic carbocycles. The number of benzene rings is 2. The third-order valence-corrected chi connectivity index (χ3v) is 2.99. The van der Waals surface area contributed by atoms with Gasteiger partial charge in [0.25, 0.3) is 5.69 Å². The molecule has 0 unspecified atom stereocenters. The second-order valence-electron chi connectivity index (χ2n) is 4.60. The maximum Gasteiger partial charge on any atom is 0.269 e. The Morgan fingerprint density at radius 3 is 2.36 bits per heavy atom. The van der Waals surface area contributed by atoms with Gasteiger partial charge in [0, 0.05) is 24.2 Å². The fourth-order valence-electron chi connectivity index (χ4n) is 1.84. The molecule has 114 valence electrons. The highest BCUT2D eigenvalue weighted by molar-refractivity contribution is 5.90. The average molecular weight is 306 g/mol. The molecule has 0 aliphatic rings. The number of nitro groups is 1. The van der Waals surface area contributed by atoms with E-state index >= 15 is 0 Å². The highest BCUT2D eigenvalue weighted by Gasteiger charge is 2.08. The maximum absolute atomic E-state index is 13.0. The summed E-state index contributed by atoms with van der Waals surface area (Å²) in [6.07, 6.45) is 0.345. The Kier molecular flexibility index (Phi) is 4.77. The zero-order valence-electron chi connectivity index (χ0n) is 11.4. The topological polar surface area (TPSA) is 72.2 Å². The number of amides is 1. The fraction of sp³-hybridized carbons (Fsp3) is 0.133. The number of aryl methyl sites for hydroxylation is 1. The van der Waals surface area contributed by atoms with E-state index in [9.17, 15) is 23.7 Å². The quantitative estimate of drug-likeness (QED) is 0.679. The molecule has 7 heteroatoms. The van der Waals surface area contributed by atoms with Crippen LogP contribution in [0.2, 0.25) is 0 Å². The standard InChI is InChI=1S/C15H12F2N2O3/c16-13-7-1-10(9-14(13)17)2-8-15(20)18-11-3-5-12(6-4-11)19(21)22/h1,3-7,9H,2,8H2,(H,18,20). The third kappa shape index (κ3) is 4.08. The lowest BCUT2D eigenvalue weighted by Crippen LogP contribution is -2.12. The zero-order valence-corrected chi connectivity index (χ0v) is 11.4. The normalized spacial score (nSPS) is 10.3. The van der Waals surface area contributed by atoms with E-state index in [-0.39, 0.29) is 24.4 Å². The smallest absolute Gasteiger partial charge is 0.269 e. The minimum Gasteiger partial charge on any atom is -0.326 e. The molecule has 1 amide bonds. The molecular formula is C15H12F2N2O3. The van der Waals surface area contributed by atoms with E-state index in [2.05, 4.69) is 5.32 Å². The maximum atomic E-state index is 13.0. The van der Waals surface area contributed by atoms with Gasteiger partial charge in [0.2, 0.25) is 5.91 Å². The predicted octanol–water partition coefficient (Wildman–Crippen LogP) is 3.44. The van der Waals surface area contributed by atoms with Crippen LogP contribution in [0, 0.1) is 21.7 Å². The van der Waals surface area contributed by atoms with E-state index < -0.39 is 16.6 Å². The Bertz CT molecular complexity index is 702. The number of nitro benzene ring substituents is 1. The van der Waals surface area contributed by atoms with Gasteiger partial charge in [-0.25, -0.2) is 8.78 Å². The number of carbonyl (C=O) groups is 1. The second kappa shape index (κ2) is 6.75. The molecule has 0 fully saturated rings. The first kappa shape index (κ1) is 15.6. The van der Waals surface area contributed by atoms with Gasteiger partial charge >= 0.3 is 0 Å². The lowest BCUT2D eigenvalue weighted by molar-refractivity contribution is -0.384. The van der Waals surface area contributed by atoms with Gasteiger partial charge in [-0.3, -0.25) is 14.9 Å². The molecule has 2 aromatic rings. The van der Waals surface area contributed by atoms with Gasteiger partial charge < -0.3 is 5.32 Å². The van der Waals surface area contributed by atoms with Crippen molar-refractivity contribution in [1.29, 1.82) is 0 Å². The summed E-state index contributed by atoms with van der Waals surface area (Å²) in [6, 6.07) is 8.89. The van der Waals surface area contributed by atoms with Crippen LogP contribution in [0.1, 0.15) is 12.0 Å². The first-order chi connectivity index (χ1) is 10.5. The van der Waals surface area contributed by atoms with Gasteiger partial charge in [-0.05, 0) is 36.2 Å². The number of nitrogens with zero attached hydrogens (tertiary/aromatic N) is 1. The van der Waals surface area contributed by atoms with Crippen molar-refractivity contribution in [1.82, 2.24) is 0 Å². The van der Waals surface area contributed by atoms with Crippen LogP contribution in [0.5, 0.6) is 0 Å². The molecule has 0 saturated carbocycles. The molecule has 2 rings (SSSR count). The minimum atomic E-state index is -0.951. The molecule has 0 aliphatic heterocycles. The first-order valence-electron chi connectivity index (χ1n) is 6.44. The highest BCUT2D eigenvalue weighted by Crippen LogP contribution is 2.16. The molecule has 0 radical (unpaired) electrons. The summed E-state index contributed by atoms with van der Waals surface area (Å²) < 4.78 is 25.8. The summed E-state index contributed by atoms with van der Waals surface area (Å²) in [5.41, 5.74) is 0.874. The second-order valence-corrected chi connectivity index (χ2v) is 4.60. The van der Waals surface area contributed by atoms with Crippen LogP contribution in [-0.2, 0) is 11.2 Å². The number of nitrogens with one attached hydrogen (secondary N) is 1. The lowest BCUT2D eigenvalue weighted by atomic mass is 10.1. The Hall–Kier alpha value is -2.83. The van der Waals surface area contributed by atoms with Crippen molar-refractivity contribution < 1.29 is 18.5 Å². The van der Waals surface area contributed by atoms with E-state index in [4.69, 9.17) is 0 Å². The van der Waals surface area contributed by atoms with Gasteiger partial charge in [-0.1, -0.05) is 6.07 Å². The van der Waals surface area contributed by atoms with Crippen LogP contribution in [0.4, 0.5) is 20.2 Å². The Morgan fingerprint density at radius 2 is 1.77 bits per heavy atom. The Morgan fingerprint density at radius 1 is 1.09 bits per heavy atom. The van der Waals surface area contributed by atoms with Crippen molar-refractivity contribution in [2.75, 3.05) is 5.32 Å². The number of hydrogen-bond acceptors (Lipinski definition) is 3. The van der Waals surface area contributed by atoms with Crippen molar-refractivity contribution in [3.8, 4) is 0 Å². The van der Waals surface area contributed by atoms with Crippen molar-refractivity contribution in [3.05, 3.63) is 69.8 Å². The van der Waals surface area contributed by atoms with E-state index in [1.807, 2.05) is 0 Å². The number of rotatable bonds is 5. The van der Waals surface area contributed by atoms with Crippen LogP contribution in [-0.4, -0.2) is 10.8 Å². The molecule has 5 nitrogen and oxygen atoms in total. The summed E-state index contributed by atoms with van der Waals surface area (Å²) in [6.45, 7) is 0. The van der Waals surface area contributed by atoms with Crippen LogP contribution in [0.15, 0.2) is 42.5 Å². The predicted molar refractivity (Wildman–Crippen MR) is 76.4 cm³/mol. The van der Waals surface area contributed by atoms with Crippen molar-refractivity contribution in [3.63, 3.8) is 0 Å². The summed E-state index contributed by atoms with van der Waals surface area (Å²) in [4.78, 5) is 21.7. The highest BCUT2D eigenvalue weighted by atomic mass is 19.2. The molecule has 22 heavy (non-hydrogen) atoms. The van der Waals surface area contributed by atoms with Gasteiger partial charge in [0.1, 0.15) is 0 Å². The number of halogens is 2. The van der Waals surface area contributed by atoms with Crippen LogP contribution in [0.25, 0.3) is 0 Å². The molecule has 0 atom stereocenters. The van der Waals surface area contributed by atoms with E-state index in [0.717, 1.165) is 12.1 Å². The average Bonchev–Trinajstić information content (AvgIpc) is 2.49. The Balaban J connectivity index is 1.89. The first-order valence-corrected chi connectivity index (χ1v) is 6.44. The molecule has 2 aromatic carbocycles. The SMILES string of the molecule is O=C(CCc1ccc(F)c(F)c1)Nc1ccc([N+](=O)[O-])cc1. The summed E-state index contributed by atoms with van der Waals surface area (Å²) in [5.74, 6) is -2.20. The molecule has 0 saturated heterocycles. The molecule has 0 heterocycles. The van der Waals surface area contributed by atoms with Crippen LogP contribution < -0.4 is 5.32 Å². The largest absolute Gasteiger partial charge is 0.326 e. The summed E-state index contributed by atoms with van der Waals surface area (Å²) in [5, 5.41) is 13.1. The van der Waals surface area contributed by atoms with E-state index in [1.54, 1.807) is 0 Å². The van der Waals surface area contributed by atoms with E-state index in [0.29, 0.717) is 11.3 Å². The monoisotopic (exact) mass is 306 g/mol. The molecule has 0 aromatic heterocycles. The van der Waals surface area contributed by atoms with Crippen molar-refractivity contribution >= 4 is 17.3 Å². The summed E-state index contributed by atoms with van der Waals surface area (Å²) >= 11 is 0.